The van der Waals surface area contributed by atoms with E-state index in [1.54, 1.807) is 22.0 Å². The molecule has 3 rings (SSSR count). The number of β-amino-alcohol motifs (C(OH)–C–C–N with tert-alkyl or cyclic N) is 1. The molecule has 0 aromatic carbocycles. The Kier molecular flexibility index (Phi) is 4.36. The molecule has 3 heterocycles. The molecule has 1 N–H and O–H groups in total. The minimum Gasteiger partial charge on any atom is -0.381 e. The summed E-state index contributed by atoms with van der Waals surface area (Å²) >= 11 is 0. The van der Waals surface area contributed by atoms with E-state index in [4.69, 9.17) is 0 Å². The lowest BCUT2D eigenvalue weighted by Gasteiger charge is -2.21. The van der Waals surface area contributed by atoms with Crippen molar-refractivity contribution in [2.75, 3.05) is 13.1 Å². The van der Waals surface area contributed by atoms with E-state index in [1.807, 2.05) is 32.9 Å². The van der Waals surface area contributed by atoms with Crippen LogP contribution in [-0.2, 0) is 16.8 Å². The molecule has 0 bridgehead atoms. The average molecular weight is 329 g/mol. The molecule has 1 saturated heterocycles. The number of amides is 1. The summed E-state index contributed by atoms with van der Waals surface area (Å²) in [5, 5.41) is 19.0. The Morgan fingerprint density at radius 1 is 1.42 bits per heavy atom. The van der Waals surface area contributed by atoms with Crippen molar-refractivity contribution >= 4 is 5.91 Å². The Balaban J connectivity index is 1.67. The van der Waals surface area contributed by atoms with Gasteiger partial charge in [0.1, 0.15) is 11.3 Å². The van der Waals surface area contributed by atoms with Crippen LogP contribution in [0.1, 0.15) is 43.3 Å². The summed E-state index contributed by atoms with van der Waals surface area (Å²) in [6.45, 7) is 6.69. The molecule has 1 aliphatic heterocycles. The first-order valence-electron chi connectivity index (χ1n) is 8.21. The van der Waals surface area contributed by atoms with Crippen molar-refractivity contribution in [3.63, 3.8) is 0 Å². The molecule has 1 atom stereocenters. The third-order valence-corrected chi connectivity index (χ3v) is 4.44. The van der Waals surface area contributed by atoms with Crippen molar-refractivity contribution in [2.24, 2.45) is 0 Å². The second kappa shape index (κ2) is 6.32. The Morgan fingerprint density at radius 3 is 2.83 bits per heavy atom. The summed E-state index contributed by atoms with van der Waals surface area (Å²) in [7, 11) is 0. The van der Waals surface area contributed by atoms with Gasteiger partial charge in [-0.05, 0) is 32.4 Å². The number of aliphatic hydroxyl groups is 1. The van der Waals surface area contributed by atoms with Gasteiger partial charge in [0.15, 0.2) is 0 Å². The Hall–Kier alpha value is -2.28. The molecule has 0 spiro atoms. The molecule has 1 amide bonds. The Morgan fingerprint density at radius 2 is 2.21 bits per heavy atom. The van der Waals surface area contributed by atoms with Gasteiger partial charge in [0.25, 0.3) is 0 Å². The van der Waals surface area contributed by atoms with Gasteiger partial charge in [0.05, 0.1) is 19.2 Å². The molecule has 1 unspecified atom stereocenters. The number of carbonyl (C=O) groups excluding carboxylic acids is 1. The molecular formula is C17H23N5O2. The van der Waals surface area contributed by atoms with Crippen LogP contribution in [0.25, 0.3) is 0 Å². The number of likely N-dealkylation sites (tertiary alicyclic amines) is 1. The van der Waals surface area contributed by atoms with Crippen molar-refractivity contribution in [2.45, 2.75) is 45.3 Å². The lowest BCUT2D eigenvalue weighted by molar-refractivity contribution is -0.130. The van der Waals surface area contributed by atoms with Crippen LogP contribution in [0.4, 0.5) is 0 Å². The van der Waals surface area contributed by atoms with Gasteiger partial charge in [0.2, 0.25) is 5.91 Å². The molecular weight excluding hydrogens is 306 g/mol. The summed E-state index contributed by atoms with van der Waals surface area (Å²) in [4.78, 5) is 18.4. The Bertz CT molecular complexity index is 725. The fourth-order valence-electron chi connectivity index (χ4n) is 2.85. The normalized spacial score (nSPS) is 20.8. The first-order valence-corrected chi connectivity index (χ1v) is 8.21. The summed E-state index contributed by atoms with van der Waals surface area (Å²) < 4.78 is 1.72. The topological polar surface area (TPSA) is 84.1 Å². The molecule has 2 aromatic rings. The number of aromatic nitrogens is 4. The zero-order valence-electron chi connectivity index (χ0n) is 14.3. The van der Waals surface area contributed by atoms with Crippen LogP contribution in [0.5, 0.6) is 0 Å². The molecule has 0 aliphatic carbocycles. The standard InChI is InChI=1S/C17H23N5O2/c1-12(2)22-10-15(19-20-22)17(24)6-7-21(11-17)16(23)8-14-5-4-13(3)18-9-14/h4-5,9-10,12,24H,6-8,11H2,1-3H3. The highest BCUT2D eigenvalue weighted by Crippen LogP contribution is 2.31. The van der Waals surface area contributed by atoms with Crippen molar-refractivity contribution in [3.8, 4) is 0 Å². The van der Waals surface area contributed by atoms with Crippen LogP contribution >= 0.6 is 0 Å². The van der Waals surface area contributed by atoms with E-state index in [-0.39, 0.29) is 18.5 Å². The van der Waals surface area contributed by atoms with Crippen LogP contribution < -0.4 is 0 Å². The summed E-state index contributed by atoms with van der Waals surface area (Å²) in [6.07, 6.45) is 4.26. The first-order chi connectivity index (χ1) is 11.4. The maximum Gasteiger partial charge on any atom is 0.227 e. The van der Waals surface area contributed by atoms with Gasteiger partial charge in [-0.1, -0.05) is 11.3 Å². The van der Waals surface area contributed by atoms with E-state index in [0.29, 0.717) is 25.1 Å². The molecule has 0 saturated carbocycles. The monoisotopic (exact) mass is 329 g/mol. The van der Waals surface area contributed by atoms with E-state index < -0.39 is 5.60 Å². The fourth-order valence-corrected chi connectivity index (χ4v) is 2.85. The van der Waals surface area contributed by atoms with Gasteiger partial charge in [0, 0.05) is 30.9 Å². The highest BCUT2D eigenvalue weighted by molar-refractivity contribution is 5.79. The van der Waals surface area contributed by atoms with E-state index in [2.05, 4.69) is 15.3 Å². The quantitative estimate of drug-likeness (QED) is 0.912. The van der Waals surface area contributed by atoms with Crippen molar-refractivity contribution in [1.29, 1.82) is 0 Å². The molecule has 2 aromatic heterocycles. The number of hydrogen-bond donors (Lipinski definition) is 1. The highest BCUT2D eigenvalue weighted by atomic mass is 16.3. The third kappa shape index (κ3) is 3.31. The SMILES string of the molecule is Cc1ccc(CC(=O)N2CCC(O)(c3cn(C(C)C)nn3)C2)cn1. The van der Waals surface area contributed by atoms with Crippen LogP contribution in [0.2, 0.25) is 0 Å². The number of pyridine rings is 1. The Labute approximate surface area is 141 Å². The van der Waals surface area contributed by atoms with Crippen molar-refractivity contribution in [3.05, 3.63) is 41.5 Å². The zero-order valence-corrected chi connectivity index (χ0v) is 14.3. The predicted octanol–water partition coefficient (Wildman–Crippen LogP) is 1.23. The summed E-state index contributed by atoms with van der Waals surface area (Å²) in [5.41, 5.74) is 1.22. The maximum absolute atomic E-state index is 12.5. The predicted molar refractivity (Wildman–Crippen MR) is 88.2 cm³/mol. The first kappa shape index (κ1) is 16.6. The van der Waals surface area contributed by atoms with Crippen LogP contribution in [0.3, 0.4) is 0 Å². The molecule has 0 radical (unpaired) electrons. The number of hydrogen-bond acceptors (Lipinski definition) is 5. The highest BCUT2D eigenvalue weighted by Gasteiger charge is 2.41. The van der Waals surface area contributed by atoms with Crippen LogP contribution in [0.15, 0.2) is 24.5 Å². The molecule has 1 aliphatic rings. The molecule has 1 fully saturated rings. The van der Waals surface area contributed by atoms with Crippen molar-refractivity contribution in [1.82, 2.24) is 24.9 Å². The van der Waals surface area contributed by atoms with E-state index >= 15 is 0 Å². The van der Waals surface area contributed by atoms with Gasteiger partial charge in [-0.25, -0.2) is 4.68 Å². The maximum atomic E-state index is 12.5. The lowest BCUT2D eigenvalue weighted by atomic mass is 10.00. The largest absolute Gasteiger partial charge is 0.381 e. The molecule has 24 heavy (non-hydrogen) atoms. The number of carbonyl (C=O) groups is 1. The van der Waals surface area contributed by atoms with Crippen molar-refractivity contribution < 1.29 is 9.90 Å². The second-order valence-corrected chi connectivity index (χ2v) is 6.76. The minimum atomic E-state index is -1.12. The average Bonchev–Trinajstić information content (AvgIpc) is 3.17. The van der Waals surface area contributed by atoms with Crippen LogP contribution in [-0.4, -0.2) is 49.0 Å². The molecule has 128 valence electrons. The number of aryl methyl sites for hydroxylation is 1. The van der Waals surface area contributed by atoms with E-state index in [1.165, 1.54) is 0 Å². The summed E-state index contributed by atoms with van der Waals surface area (Å²) in [6, 6.07) is 3.99. The molecule has 7 nitrogen and oxygen atoms in total. The van der Waals surface area contributed by atoms with Gasteiger partial charge in [-0.15, -0.1) is 5.10 Å². The minimum absolute atomic E-state index is 0.00664. The van der Waals surface area contributed by atoms with Crippen LogP contribution in [0, 0.1) is 6.92 Å². The van der Waals surface area contributed by atoms with Gasteiger partial charge >= 0.3 is 0 Å². The fraction of sp³-hybridized carbons (Fsp3) is 0.529. The van der Waals surface area contributed by atoms with Gasteiger partial charge < -0.3 is 10.0 Å². The number of rotatable bonds is 4. The number of nitrogens with zero attached hydrogens (tertiary/aromatic N) is 5. The summed E-state index contributed by atoms with van der Waals surface area (Å²) in [5.74, 6) is -0.00664. The second-order valence-electron chi connectivity index (χ2n) is 6.76. The van der Waals surface area contributed by atoms with E-state index in [9.17, 15) is 9.90 Å². The lowest BCUT2D eigenvalue weighted by Crippen LogP contribution is -2.35. The van der Waals surface area contributed by atoms with Gasteiger partial charge in [-0.3, -0.25) is 9.78 Å². The third-order valence-electron chi connectivity index (χ3n) is 4.44. The molecule has 7 heteroatoms. The van der Waals surface area contributed by atoms with Gasteiger partial charge in [-0.2, -0.15) is 0 Å². The smallest absolute Gasteiger partial charge is 0.227 e. The zero-order chi connectivity index (χ0) is 17.3. The van der Waals surface area contributed by atoms with E-state index in [0.717, 1.165) is 11.3 Å².